The van der Waals surface area contributed by atoms with Gasteiger partial charge in [0.1, 0.15) is 0 Å². The molecule has 33 heavy (non-hydrogen) atoms. The van der Waals surface area contributed by atoms with Crippen molar-refractivity contribution >= 4 is 11.6 Å². The lowest BCUT2D eigenvalue weighted by atomic mass is 9.90. The molecule has 0 spiro atoms. The number of nitrogens with one attached hydrogen (secondary N) is 2. The fourth-order valence-electron chi connectivity index (χ4n) is 4.21. The number of nitrogens with zero attached hydrogens (tertiary/aromatic N) is 3. The van der Waals surface area contributed by atoms with Crippen LogP contribution in [0.5, 0.6) is 0 Å². The lowest BCUT2D eigenvalue weighted by Crippen LogP contribution is -2.54. The van der Waals surface area contributed by atoms with E-state index in [2.05, 4.69) is 27.5 Å². The summed E-state index contributed by atoms with van der Waals surface area (Å²) < 4.78 is 0.383. The van der Waals surface area contributed by atoms with Crippen molar-refractivity contribution in [2.45, 2.75) is 77.4 Å². The predicted molar refractivity (Wildman–Crippen MR) is 128 cm³/mol. The summed E-state index contributed by atoms with van der Waals surface area (Å²) in [6.45, 7) is 6.91. The molecule has 0 saturated heterocycles. The smallest absolute Gasteiger partial charge is 0.388 e. The molecule has 0 radical (unpaired) electrons. The molecule has 1 aromatic heterocycles. The number of nitroso groups, excluding NO2 is 1. The Balaban J connectivity index is 1.74. The maximum Gasteiger partial charge on any atom is 0.408 e. The van der Waals surface area contributed by atoms with Gasteiger partial charge in [0.05, 0.1) is 12.3 Å². The van der Waals surface area contributed by atoms with Crippen LogP contribution in [0.2, 0.25) is 0 Å². The quantitative estimate of drug-likeness (QED) is 0.271. The lowest BCUT2D eigenvalue weighted by molar-refractivity contribution is -0.567. The number of hydrogen-bond acceptors (Lipinski definition) is 8. The largest absolute Gasteiger partial charge is 0.408 e. The number of aromatic nitrogens is 2. The van der Waals surface area contributed by atoms with Gasteiger partial charge in [0, 0.05) is 22.4 Å². The van der Waals surface area contributed by atoms with Crippen LogP contribution >= 0.6 is 0 Å². The van der Waals surface area contributed by atoms with Gasteiger partial charge in [-0.15, -0.1) is 0 Å². The first-order chi connectivity index (χ1) is 15.8. The topological polar surface area (TPSA) is 136 Å². The number of aliphatic hydroxyl groups excluding tert-OH is 2. The van der Waals surface area contributed by atoms with Gasteiger partial charge in [0.25, 0.3) is 0 Å². The van der Waals surface area contributed by atoms with Crippen molar-refractivity contribution in [1.29, 1.82) is 0 Å². The van der Waals surface area contributed by atoms with Crippen LogP contribution in [-0.4, -0.2) is 49.9 Å². The van der Waals surface area contributed by atoms with Crippen LogP contribution in [0, 0.1) is 10.8 Å². The van der Waals surface area contributed by atoms with Gasteiger partial charge in [0.2, 0.25) is 11.5 Å². The fourth-order valence-corrected chi connectivity index (χ4v) is 4.21. The molecule has 9 heteroatoms. The van der Waals surface area contributed by atoms with E-state index in [9.17, 15) is 15.1 Å². The zero-order valence-corrected chi connectivity index (χ0v) is 19.7. The van der Waals surface area contributed by atoms with Gasteiger partial charge in [-0.1, -0.05) is 62.8 Å². The summed E-state index contributed by atoms with van der Waals surface area (Å²) in [7, 11) is 0. The Morgan fingerprint density at radius 3 is 2.45 bits per heavy atom. The molecule has 9 nitrogen and oxygen atoms in total. The Labute approximate surface area is 195 Å². The van der Waals surface area contributed by atoms with E-state index in [1.54, 1.807) is 0 Å². The molecule has 3 rings (SSSR count). The van der Waals surface area contributed by atoms with E-state index in [4.69, 9.17) is 5.73 Å². The Hall–Kier alpha value is -2.46. The summed E-state index contributed by atoms with van der Waals surface area (Å²) in [5.41, 5.74) is 7.92. The number of aliphatic hydroxyl groups is 2. The number of nitrogen functional groups attached to an aromatic ring is 1. The summed E-state index contributed by atoms with van der Waals surface area (Å²) in [5, 5.41) is 27.4. The van der Waals surface area contributed by atoms with E-state index in [0.717, 1.165) is 49.8 Å². The van der Waals surface area contributed by atoms with Crippen molar-refractivity contribution < 1.29 is 15.0 Å². The Kier molecular flexibility index (Phi) is 8.85. The number of nitrogens with two attached hydrogens (primary N) is 1. The second-order valence-corrected chi connectivity index (χ2v) is 9.09. The number of benzene rings is 1. The number of anilines is 1. The highest BCUT2D eigenvalue weighted by Crippen LogP contribution is 2.27. The highest BCUT2D eigenvalue weighted by molar-refractivity contribution is 5.62. The minimum atomic E-state index is -1.49. The van der Waals surface area contributed by atoms with E-state index in [0.29, 0.717) is 10.5 Å². The molecule has 1 aromatic carbocycles. The normalized spacial score (nSPS) is 20.5. The summed E-state index contributed by atoms with van der Waals surface area (Å²) in [5.74, 6) is -0.0823. The van der Waals surface area contributed by atoms with E-state index in [-0.39, 0.29) is 29.6 Å². The highest BCUT2D eigenvalue weighted by atomic mass is 16.4. The SMILES string of the molecule is CCCNC1CCCCC1NC(O)[N+](=O)c1nc(-c2ccc(C(O)C(C)C)cc2)cnc1N. The van der Waals surface area contributed by atoms with Crippen molar-refractivity contribution in [2.75, 3.05) is 12.3 Å². The minimum absolute atomic E-state index is 0.0194. The standard InChI is InChI=1S/C24H37N6O3/c1-4-13-26-18-7-5-6-8-19(18)29-24(32)30(33)23-22(25)27-14-20(28-23)16-9-11-17(12-10-16)21(31)15(2)3/h9-12,14-15,18-19,21,24,26,29,31-32H,4-8,13H2,1-3H3,(H2,25,27)/q+1. The van der Waals surface area contributed by atoms with Crippen molar-refractivity contribution in [3.63, 3.8) is 0 Å². The van der Waals surface area contributed by atoms with Gasteiger partial charge in [-0.05, 0) is 42.3 Å². The third-order valence-corrected chi connectivity index (χ3v) is 6.18. The molecule has 0 bridgehead atoms. The molecule has 1 heterocycles. The summed E-state index contributed by atoms with van der Waals surface area (Å²) in [4.78, 5) is 21.4. The monoisotopic (exact) mass is 457 g/mol. The zero-order chi connectivity index (χ0) is 24.0. The van der Waals surface area contributed by atoms with Crippen LogP contribution in [0.1, 0.15) is 64.5 Å². The molecule has 4 atom stereocenters. The summed E-state index contributed by atoms with van der Waals surface area (Å²) in [6.07, 6.45) is 4.53. The lowest BCUT2D eigenvalue weighted by Gasteiger charge is -2.33. The third kappa shape index (κ3) is 6.32. The first kappa shape index (κ1) is 25.2. The molecule has 4 unspecified atom stereocenters. The van der Waals surface area contributed by atoms with Gasteiger partial charge in [-0.3, -0.25) is 0 Å². The molecule has 180 valence electrons. The molecule has 2 aromatic rings. The van der Waals surface area contributed by atoms with Crippen molar-refractivity contribution in [1.82, 2.24) is 20.6 Å². The summed E-state index contributed by atoms with van der Waals surface area (Å²) in [6, 6.07) is 7.48. The maximum absolute atomic E-state index is 12.9. The van der Waals surface area contributed by atoms with Crippen LogP contribution in [0.15, 0.2) is 30.5 Å². The van der Waals surface area contributed by atoms with E-state index in [1.165, 1.54) is 6.20 Å². The molecule has 1 aliphatic carbocycles. The Morgan fingerprint density at radius 1 is 1.15 bits per heavy atom. The van der Waals surface area contributed by atoms with Gasteiger partial charge in [-0.25, -0.2) is 10.3 Å². The average Bonchev–Trinajstić information content (AvgIpc) is 2.83. The Bertz CT molecular complexity index is 921. The van der Waals surface area contributed by atoms with Crippen molar-refractivity contribution in [3.05, 3.63) is 40.9 Å². The first-order valence-corrected chi connectivity index (χ1v) is 11.9. The maximum atomic E-state index is 12.9. The highest BCUT2D eigenvalue weighted by Gasteiger charge is 2.33. The summed E-state index contributed by atoms with van der Waals surface area (Å²) >= 11 is 0. The second kappa shape index (κ2) is 11.6. The second-order valence-electron chi connectivity index (χ2n) is 9.09. The van der Waals surface area contributed by atoms with Crippen LogP contribution in [0.4, 0.5) is 11.6 Å². The first-order valence-electron chi connectivity index (χ1n) is 11.9. The van der Waals surface area contributed by atoms with Crippen molar-refractivity contribution in [3.8, 4) is 11.3 Å². The average molecular weight is 458 g/mol. The van der Waals surface area contributed by atoms with Crippen LogP contribution in [-0.2, 0) is 0 Å². The molecule has 1 fully saturated rings. The molecular formula is C24H37N6O3+. The molecular weight excluding hydrogens is 420 g/mol. The predicted octanol–water partition coefficient (Wildman–Crippen LogP) is 3.00. The number of hydrogen-bond donors (Lipinski definition) is 5. The van der Waals surface area contributed by atoms with E-state index < -0.39 is 12.5 Å². The van der Waals surface area contributed by atoms with Gasteiger partial charge >= 0.3 is 12.2 Å². The molecule has 1 saturated carbocycles. The molecule has 0 amide bonds. The Morgan fingerprint density at radius 2 is 1.82 bits per heavy atom. The van der Waals surface area contributed by atoms with E-state index >= 15 is 0 Å². The zero-order valence-electron chi connectivity index (χ0n) is 19.7. The minimum Gasteiger partial charge on any atom is -0.388 e. The van der Waals surface area contributed by atoms with Crippen molar-refractivity contribution in [2.24, 2.45) is 5.92 Å². The van der Waals surface area contributed by atoms with Crippen LogP contribution in [0.25, 0.3) is 11.3 Å². The van der Waals surface area contributed by atoms with Gasteiger partial charge < -0.3 is 21.3 Å². The van der Waals surface area contributed by atoms with Crippen LogP contribution in [0.3, 0.4) is 0 Å². The fraction of sp³-hybridized carbons (Fsp3) is 0.583. The van der Waals surface area contributed by atoms with Crippen LogP contribution < -0.4 is 16.4 Å². The van der Waals surface area contributed by atoms with E-state index in [1.807, 2.05) is 38.1 Å². The molecule has 1 aliphatic rings. The number of rotatable bonds is 10. The van der Waals surface area contributed by atoms with Gasteiger partial charge in [-0.2, -0.15) is 0 Å². The molecule has 6 N–H and O–H groups in total. The third-order valence-electron chi connectivity index (χ3n) is 6.18. The molecule has 0 aliphatic heterocycles. The van der Waals surface area contributed by atoms with Gasteiger partial charge in [0.15, 0.2) is 0 Å².